The number of ether oxygens (including phenoxy) is 1. The van der Waals surface area contributed by atoms with Gasteiger partial charge in [-0.15, -0.1) is 0 Å². The van der Waals surface area contributed by atoms with Crippen LogP contribution in [-0.2, 0) is 4.74 Å². The van der Waals surface area contributed by atoms with Crippen LogP contribution in [0.4, 0.5) is 0 Å². The number of aromatic nitrogens is 2. The van der Waals surface area contributed by atoms with Crippen LogP contribution in [0, 0.1) is 0 Å². The van der Waals surface area contributed by atoms with Crippen molar-refractivity contribution in [3.63, 3.8) is 0 Å². The number of nitrogens with zero attached hydrogens (tertiary/aromatic N) is 2. The molecule has 4 nitrogen and oxygen atoms in total. The molecule has 0 bridgehead atoms. The summed E-state index contributed by atoms with van der Waals surface area (Å²) in [4.78, 5) is 16.4. The van der Waals surface area contributed by atoms with E-state index in [0.29, 0.717) is 11.5 Å². The normalized spacial score (nSPS) is 14.2. The van der Waals surface area contributed by atoms with Crippen LogP contribution >= 0.6 is 0 Å². The Balaban J connectivity index is 1.90. The average Bonchev–Trinajstić information content (AvgIpc) is 3.32. The molecular formula is C18H16N2O2. The van der Waals surface area contributed by atoms with Gasteiger partial charge in [0, 0.05) is 24.0 Å². The first-order valence-corrected chi connectivity index (χ1v) is 7.42. The monoisotopic (exact) mass is 292 g/mol. The highest BCUT2D eigenvalue weighted by molar-refractivity contribution is 5.92. The smallest absolute Gasteiger partial charge is 0.339 e. The van der Waals surface area contributed by atoms with Gasteiger partial charge in [-0.25, -0.2) is 4.79 Å². The summed E-state index contributed by atoms with van der Waals surface area (Å²) < 4.78 is 6.94. The van der Waals surface area contributed by atoms with Crippen LogP contribution in [0.2, 0.25) is 0 Å². The highest BCUT2D eigenvalue weighted by Gasteiger charge is 2.30. The van der Waals surface area contributed by atoms with Crippen LogP contribution in [0.1, 0.15) is 34.7 Å². The third kappa shape index (κ3) is 2.08. The lowest BCUT2D eigenvalue weighted by molar-refractivity contribution is 0.0599. The van der Waals surface area contributed by atoms with Gasteiger partial charge in [0.2, 0.25) is 0 Å². The number of esters is 1. The molecule has 0 aliphatic heterocycles. The number of hydrogen-bond acceptors (Lipinski definition) is 3. The number of methoxy groups -OCH3 is 1. The summed E-state index contributed by atoms with van der Waals surface area (Å²) in [6.07, 6.45) is 8.02. The highest BCUT2D eigenvalue weighted by atomic mass is 16.5. The number of hydrogen-bond donors (Lipinski definition) is 0. The highest BCUT2D eigenvalue weighted by Crippen LogP contribution is 2.42. The first-order valence-electron chi connectivity index (χ1n) is 7.42. The molecule has 22 heavy (non-hydrogen) atoms. The van der Waals surface area contributed by atoms with Gasteiger partial charge in [0.05, 0.1) is 23.9 Å². The predicted molar refractivity (Wildman–Crippen MR) is 84.4 cm³/mol. The molecule has 0 radical (unpaired) electrons. The molecule has 0 saturated heterocycles. The van der Waals surface area contributed by atoms with Crippen LogP contribution in [0.5, 0.6) is 0 Å². The van der Waals surface area contributed by atoms with E-state index < -0.39 is 0 Å². The fourth-order valence-corrected chi connectivity index (χ4v) is 2.92. The van der Waals surface area contributed by atoms with Crippen LogP contribution in [0.15, 0.2) is 48.9 Å². The van der Waals surface area contributed by atoms with Crippen LogP contribution in [-0.4, -0.2) is 22.6 Å². The number of carbonyl (C=O) groups is 1. The fraction of sp³-hybridized carbons (Fsp3) is 0.222. The van der Waals surface area contributed by atoms with Crippen molar-refractivity contribution >= 4 is 16.9 Å². The van der Waals surface area contributed by atoms with Crippen molar-refractivity contribution < 1.29 is 9.53 Å². The third-order valence-electron chi connectivity index (χ3n) is 4.18. The summed E-state index contributed by atoms with van der Waals surface area (Å²) in [5, 5.41) is 1.07. The van der Waals surface area contributed by atoms with Crippen molar-refractivity contribution in [1.82, 2.24) is 9.55 Å². The van der Waals surface area contributed by atoms with Crippen molar-refractivity contribution in [1.29, 1.82) is 0 Å². The second-order valence-electron chi connectivity index (χ2n) is 5.65. The Morgan fingerprint density at radius 2 is 2.05 bits per heavy atom. The van der Waals surface area contributed by atoms with E-state index in [0.717, 1.165) is 35.0 Å². The number of pyridine rings is 1. The Morgan fingerprint density at radius 1 is 1.23 bits per heavy atom. The zero-order valence-corrected chi connectivity index (χ0v) is 12.3. The Kier molecular flexibility index (Phi) is 2.96. The molecular weight excluding hydrogens is 276 g/mol. The summed E-state index contributed by atoms with van der Waals surface area (Å²) in [7, 11) is 1.43. The summed E-state index contributed by atoms with van der Waals surface area (Å²) in [5.41, 5.74) is 3.74. The SMILES string of the molecule is COC(=O)c1cn(-c2ccnc3ccccc23)cc1C1CC1. The minimum absolute atomic E-state index is 0.265. The molecule has 4 rings (SSSR count). The molecule has 1 saturated carbocycles. The number of carbonyl (C=O) groups excluding carboxylic acids is 1. The minimum atomic E-state index is -0.265. The second kappa shape index (κ2) is 4.98. The Hall–Kier alpha value is -2.62. The zero-order chi connectivity index (χ0) is 15.1. The summed E-state index contributed by atoms with van der Waals surface area (Å²) in [6, 6.07) is 9.99. The van der Waals surface area contributed by atoms with E-state index >= 15 is 0 Å². The Morgan fingerprint density at radius 3 is 2.82 bits per heavy atom. The zero-order valence-electron chi connectivity index (χ0n) is 12.3. The van der Waals surface area contributed by atoms with Gasteiger partial charge in [0.1, 0.15) is 0 Å². The van der Waals surface area contributed by atoms with Gasteiger partial charge in [-0.3, -0.25) is 4.98 Å². The molecule has 0 N–H and O–H groups in total. The van der Waals surface area contributed by atoms with Crippen molar-refractivity contribution in [2.75, 3.05) is 7.11 Å². The van der Waals surface area contributed by atoms with Gasteiger partial charge in [-0.1, -0.05) is 18.2 Å². The van der Waals surface area contributed by atoms with Crippen molar-refractivity contribution in [2.45, 2.75) is 18.8 Å². The Labute approximate surface area is 128 Å². The standard InChI is InChI=1S/C18H16N2O2/c1-22-18(21)15-11-20(10-14(15)12-6-7-12)17-8-9-19-16-5-3-2-4-13(16)17/h2-5,8-12H,6-7H2,1H3. The topological polar surface area (TPSA) is 44.1 Å². The lowest BCUT2D eigenvalue weighted by Gasteiger charge is -2.06. The van der Waals surface area contributed by atoms with Gasteiger partial charge in [-0.2, -0.15) is 0 Å². The first-order chi connectivity index (χ1) is 10.8. The Bertz CT molecular complexity index is 857. The molecule has 1 fully saturated rings. The average molecular weight is 292 g/mol. The van der Waals surface area contributed by atoms with E-state index in [1.165, 1.54) is 7.11 Å². The quantitative estimate of drug-likeness (QED) is 0.691. The second-order valence-corrected chi connectivity index (χ2v) is 5.65. The molecule has 2 aromatic heterocycles. The third-order valence-corrected chi connectivity index (χ3v) is 4.18. The number of fused-ring (bicyclic) bond motifs is 1. The summed E-state index contributed by atoms with van der Waals surface area (Å²) >= 11 is 0. The lowest BCUT2D eigenvalue weighted by atomic mass is 10.1. The van der Waals surface area contributed by atoms with E-state index in [9.17, 15) is 4.79 Å². The molecule has 1 aromatic carbocycles. The van der Waals surface area contributed by atoms with Crippen LogP contribution in [0.3, 0.4) is 0 Å². The van der Waals surface area contributed by atoms with Gasteiger partial charge < -0.3 is 9.30 Å². The molecule has 0 amide bonds. The van der Waals surface area contributed by atoms with Crippen molar-refractivity contribution in [3.8, 4) is 5.69 Å². The summed E-state index contributed by atoms with van der Waals surface area (Å²) in [5.74, 6) is 0.225. The molecule has 1 aliphatic carbocycles. The first kappa shape index (κ1) is 13.1. The van der Waals surface area contributed by atoms with Crippen LogP contribution in [0.25, 0.3) is 16.6 Å². The van der Waals surface area contributed by atoms with Crippen molar-refractivity contribution in [2.24, 2.45) is 0 Å². The minimum Gasteiger partial charge on any atom is -0.465 e. The largest absolute Gasteiger partial charge is 0.465 e. The van der Waals surface area contributed by atoms with Gasteiger partial charge in [-0.05, 0) is 36.5 Å². The van der Waals surface area contributed by atoms with Crippen molar-refractivity contribution in [3.05, 3.63) is 60.0 Å². The molecule has 3 aromatic rings. The van der Waals surface area contributed by atoms with E-state index in [4.69, 9.17) is 4.74 Å². The van der Waals surface area contributed by atoms with Gasteiger partial charge in [0.25, 0.3) is 0 Å². The molecule has 2 heterocycles. The van der Waals surface area contributed by atoms with E-state index in [1.54, 1.807) is 6.20 Å². The van der Waals surface area contributed by atoms with E-state index in [2.05, 4.69) is 11.2 Å². The van der Waals surface area contributed by atoms with E-state index in [1.807, 2.05) is 41.1 Å². The lowest BCUT2D eigenvalue weighted by Crippen LogP contribution is -2.02. The molecule has 4 heteroatoms. The molecule has 0 atom stereocenters. The fourth-order valence-electron chi connectivity index (χ4n) is 2.92. The van der Waals surface area contributed by atoms with E-state index in [-0.39, 0.29) is 5.97 Å². The van der Waals surface area contributed by atoms with Gasteiger partial charge >= 0.3 is 5.97 Å². The predicted octanol–water partition coefficient (Wildman–Crippen LogP) is 3.69. The molecule has 1 aliphatic rings. The van der Waals surface area contributed by atoms with Gasteiger partial charge in [0.15, 0.2) is 0 Å². The molecule has 0 unspecified atom stereocenters. The number of para-hydroxylation sites is 1. The maximum atomic E-state index is 12.0. The maximum Gasteiger partial charge on any atom is 0.339 e. The molecule has 110 valence electrons. The number of rotatable bonds is 3. The maximum absolute atomic E-state index is 12.0. The molecule has 0 spiro atoms. The number of benzene rings is 1. The van der Waals surface area contributed by atoms with Crippen LogP contribution < -0.4 is 0 Å². The summed E-state index contributed by atoms with van der Waals surface area (Å²) in [6.45, 7) is 0.